The number of benzene rings is 2. The highest BCUT2D eigenvalue weighted by atomic mass is 16.4. The highest BCUT2D eigenvalue weighted by Crippen LogP contribution is 2.14. The molecule has 662 valence electrons. The number of hydrogen-bond acceptors (Lipinski definition) is 25. The number of hydrogen-bond donors (Lipinski definition) is 27. The van der Waals surface area contributed by atoms with E-state index in [4.69, 9.17) is 16.9 Å². The molecule has 16 amide bonds. The summed E-state index contributed by atoms with van der Waals surface area (Å²) in [5, 5.41) is 113. The molecule has 2 aromatic rings. The van der Waals surface area contributed by atoms with E-state index in [1.165, 1.54) is 43.3 Å². The zero-order valence-electron chi connectivity index (χ0n) is 66.4. The van der Waals surface area contributed by atoms with Crippen molar-refractivity contribution >= 4 is 130 Å². The van der Waals surface area contributed by atoms with Crippen LogP contribution in [0, 0.1) is 17.2 Å². The average Bonchev–Trinajstić information content (AvgIpc) is 0.860. The molecular weight excluding hydrogens is 1590 g/mol. The lowest BCUT2D eigenvalue weighted by Gasteiger charge is -2.27. The van der Waals surface area contributed by atoms with Crippen molar-refractivity contribution in [1.29, 1.82) is 5.41 Å². The molecule has 0 fully saturated rings. The number of aliphatic hydroxyl groups excluding tert-OH is 1. The quantitative estimate of drug-likeness (QED) is 0.0166. The number of amides is 16. The van der Waals surface area contributed by atoms with Crippen molar-refractivity contribution in [3.8, 4) is 5.75 Å². The fraction of sp³-hybridized carbons (Fsp3) is 0.528. The van der Waals surface area contributed by atoms with Gasteiger partial charge in [-0.15, -0.1) is 0 Å². The van der Waals surface area contributed by atoms with Gasteiger partial charge in [0.1, 0.15) is 72.2 Å². The van der Waals surface area contributed by atoms with Crippen molar-refractivity contribution in [2.75, 3.05) is 45.9 Å². The molecule has 29 N–H and O–H groups in total. The third-order valence-corrected chi connectivity index (χ3v) is 17.0. The lowest BCUT2D eigenvalue weighted by atomic mass is 10.0. The molecule has 48 heteroatoms. The van der Waals surface area contributed by atoms with E-state index in [2.05, 4.69) is 79.8 Å². The van der Waals surface area contributed by atoms with Crippen LogP contribution in [0.15, 0.2) is 54.6 Å². The predicted molar refractivity (Wildman–Crippen MR) is 414 cm³/mol. The predicted octanol–water partition coefficient (Wildman–Crippen LogP) is -9.82. The van der Waals surface area contributed by atoms with Crippen molar-refractivity contribution in [2.45, 2.75) is 185 Å². The molecule has 12 atom stereocenters. The van der Waals surface area contributed by atoms with Crippen molar-refractivity contribution in [3.05, 3.63) is 65.7 Å². The van der Waals surface area contributed by atoms with Gasteiger partial charge in [0.25, 0.3) is 0 Å². The summed E-state index contributed by atoms with van der Waals surface area (Å²) in [6.45, 7) is 3.15. The number of carbonyl (C=O) groups excluding carboxylic acids is 16. The molecule has 0 radical (unpaired) electrons. The Morgan fingerprint density at radius 3 is 1.24 bits per heavy atom. The highest BCUT2D eigenvalue weighted by Gasteiger charge is 2.36. The van der Waals surface area contributed by atoms with Crippen molar-refractivity contribution < 1.29 is 136 Å². The monoisotopic (exact) mass is 1700 g/mol. The van der Waals surface area contributed by atoms with Gasteiger partial charge in [-0.05, 0) is 87.5 Å². The summed E-state index contributed by atoms with van der Waals surface area (Å²) < 4.78 is 0. The number of phenols is 1. The Morgan fingerprint density at radius 2 is 0.767 bits per heavy atom. The smallest absolute Gasteiger partial charge is 0.326 e. The second kappa shape index (κ2) is 52.8. The van der Waals surface area contributed by atoms with Gasteiger partial charge in [-0.25, -0.2) is 4.79 Å². The Labute approximate surface area is 685 Å². The molecule has 2 aromatic carbocycles. The van der Waals surface area contributed by atoms with Gasteiger partial charge >= 0.3 is 29.8 Å². The molecular formula is C72H106N20O28. The molecule has 0 saturated carbocycles. The van der Waals surface area contributed by atoms with E-state index < -0.39 is 287 Å². The number of nitrogens with one attached hydrogen (secondary N) is 18. The number of carboxylic acid groups (broad SMARTS) is 5. The van der Waals surface area contributed by atoms with Crippen LogP contribution in [0.3, 0.4) is 0 Å². The van der Waals surface area contributed by atoms with Gasteiger partial charge in [-0.1, -0.05) is 70.2 Å². The van der Waals surface area contributed by atoms with Crippen LogP contribution in [0.1, 0.15) is 110 Å². The van der Waals surface area contributed by atoms with Crippen molar-refractivity contribution in [3.63, 3.8) is 0 Å². The van der Waals surface area contributed by atoms with E-state index >= 15 is 0 Å². The molecule has 0 aromatic heterocycles. The van der Waals surface area contributed by atoms with Gasteiger partial charge in [0.2, 0.25) is 94.5 Å². The van der Waals surface area contributed by atoms with Crippen LogP contribution in [0.4, 0.5) is 0 Å². The molecule has 48 nitrogen and oxygen atoms in total. The average molecular weight is 1700 g/mol. The number of carbonyl (C=O) groups is 21. The summed E-state index contributed by atoms with van der Waals surface area (Å²) in [6.07, 6.45) is -5.45. The molecule has 0 aliphatic carbocycles. The number of aliphatic hydroxyl groups is 1. The van der Waals surface area contributed by atoms with Gasteiger partial charge in [0, 0.05) is 25.8 Å². The second-order valence-corrected chi connectivity index (χ2v) is 27.9. The number of guanidine groups is 1. The number of carboxylic acids is 5. The van der Waals surface area contributed by atoms with Crippen LogP contribution in [0.2, 0.25) is 0 Å². The number of nitrogens with two attached hydrogens (primary N) is 2. The third kappa shape index (κ3) is 41.2. The zero-order valence-corrected chi connectivity index (χ0v) is 66.4. The fourth-order valence-electron chi connectivity index (χ4n) is 10.6. The lowest BCUT2D eigenvalue weighted by Crippen LogP contribution is -2.59. The summed E-state index contributed by atoms with van der Waals surface area (Å²) >= 11 is 0. The van der Waals surface area contributed by atoms with E-state index in [1.807, 2.05) is 10.6 Å². The number of phenolic OH excluding ortho intramolecular Hbond substituents is 1. The van der Waals surface area contributed by atoms with Crippen LogP contribution in [-0.4, -0.2) is 284 Å². The summed E-state index contributed by atoms with van der Waals surface area (Å²) in [4.78, 5) is 272. The summed E-state index contributed by atoms with van der Waals surface area (Å²) in [5.41, 5.74) is 12.1. The Hall–Kier alpha value is -13.7. The Kier molecular flexibility index (Phi) is 45.0. The molecule has 120 heavy (non-hydrogen) atoms. The molecule has 0 saturated heterocycles. The lowest BCUT2D eigenvalue weighted by molar-refractivity contribution is -0.143. The molecule has 0 bridgehead atoms. The molecule has 12 unspecified atom stereocenters. The number of aromatic hydroxyl groups is 1. The van der Waals surface area contributed by atoms with Gasteiger partial charge < -0.3 is 138 Å². The first kappa shape index (κ1) is 102. The first-order chi connectivity index (χ1) is 56.3. The largest absolute Gasteiger partial charge is 0.508 e. The second-order valence-electron chi connectivity index (χ2n) is 27.9. The van der Waals surface area contributed by atoms with Gasteiger partial charge in [0.05, 0.1) is 58.2 Å². The minimum Gasteiger partial charge on any atom is -0.508 e. The highest BCUT2D eigenvalue weighted by molar-refractivity contribution is 6.01. The molecule has 0 aliphatic rings. The maximum Gasteiger partial charge on any atom is 0.326 e. The maximum absolute atomic E-state index is 14.4. The first-order valence-electron chi connectivity index (χ1n) is 37.3. The molecule has 0 aliphatic heterocycles. The Morgan fingerprint density at radius 1 is 0.375 bits per heavy atom. The van der Waals surface area contributed by atoms with E-state index in [0.717, 1.165) is 6.92 Å². The minimum atomic E-state index is -2.04. The normalized spacial score (nSPS) is 13.8. The summed E-state index contributed by atoms with van der Waals surface area (Å²) in [7, 11) is 0. The first-order valence-corrected chi connectivity index (χ1v) is 37.3. The topological polar surface area (TPSA) is 780 Å². The van der Waals surface area contributed by atoms with E-state index in [-0.39, 0.29) is 50.4 Å². The minimum absolute atomic E-state index is 0.0287. The van der Waals surface area contributed by atoms with Crippen LogP contribution >= 0.6 is 0 Å². The molecule has 0 heterocycles. The standard InChI is InChI=1S/C72H106N20O28/c1-34(2)23-45(66(114)83-37(6)60(108)86-43(19-21-56(102)103)64(112)79-29-51(96)77-28-50(95)78-30-54(99)92-59(35(3)4)70(118)87-44(71(119)120)13-10-22-76-72(74)75)89-67(115)46(25-38-11-8-7-9-12-38)90-68(116)47(26-57(104)105)85-53(98)32-80-63(111)42(18-20-55(100)101)84-52(97)31-81-65(113)49(33-93)91-69(117)48(27-58(106)107)88-61(109)36(5)82-62(110)41(73)24-39-14-16-40(94)17-15-39/h7-9,11-12,14-17,34-37,41-49,59,93-94H,10,13,18-33,73H2,1-6H3,(H,77,96)(H,78,95)(H,79,112)(H,80,111)(H,81,113)(H,82,110)(H,83,114)(H,84,97)(H,85,98)(H,86,108)(H,87,118)(H,88,109)(H,89,115)(H,90,116)(H,91,117)(H,92,99)(H,100,101)(H,102,103)(H,104,105)(H,106,107)(H,119,120)(H4,74,75,76). The Balaban J connectivity index is 2.16. The summed E-state index contributed by atoms with van der Waals surface area (Å²) in [6, 6.07) is -6.01. The van der Waals surface area contributed by atoms with Crippen LogP contribution in [-0.2, 0) is 114 Å². The maximum atomic E-state index is 14.4. The van der Waals surface area contributed by atoms with E-state index in [0.29, 0.717) is 11.1 Å². The molecule has 2 rings (SSSR count). The third-order valence-electron chi connectivity index (χ3n) is 17.0. The fourth-order valence-corrected chi connectivity index (χ4v) is 10.6. The van der Waals surface area contributed by atoms with E-state index in [1.54, 1.807) is 45.9 Å². The number of aliphatic carboxylic acids is 5. The Bertz CT molecular complexity index is 3980. The van der Waals surface area contributed by atoms with Crippen LogP contribution in [0.5, 0.6) is 5.75 Å². The SMILES string of the molecule is CC(C)CC(NC(=O)C(Cc1ccccc1)NC(=O)C(CC(=O)O)NC(=O)CNC(=O)C(CCC(=O)O)NC(=O)CNC(=O)C(CO)NC(=O)C(CC(=O)O)NC(=O)C(C)NC(=O)C(N)Cc1ccc(O)cc1)C(=O)NC(C)C(=O)NC(CCC(=O)O)C(=O)NCC(=O)NCC(=O)NCC(=O)NC(C(=O)NC(CCCNC(=N)N)C(=O)O)C(C)C. The zero-order chi connectivity index (χ0) is 90.6. The van der Waals surface area contributed by atoms with Gasteiger partial charge in [0.15, 0.2) is 5.96 Å². The van der Waals surface area contributed by atoms with Gasteiger partial charge in [-0.3, -0.25) is 101 Å². The van der Waals surface area contributed by atoms with Crippen molar-refractivity contribution in [1.82, 2.24) is 90.4 Å². The van der Waals surface area contributed by atoms with Crippen LogP contribution in [0.25, 0.3) is 0 Å². The van der Waals surface area contributed by atoms with E-state index in [9.17, 15) is 136 Å². The van der Waals surface area contributed by atoms with Crippen molar-refractivity contribution in [2.24, 2.45) is 23.3 Å². The summed E-state index contributed by atoms with van der Waals surface area (Å²) in [5.74, 6) is -26.6. The van der Waals surface area contributed by atoms with Crippen LogP contribution < -0.4 is 102 Å². The van der Waals surface area contributed by atoms with Gasteiger partial charge in [-0.2, -0.15) is 0 Å². The molecule has 0 spiro atoms. The number of rotatable bonds is 55.